The summed E-state index contributed by atoms with van der Waals surface area (Å²) < 4.78 is 0. The van der Waals surface area contributed by atoms with E-state index in [0.717, 1.165) is 38.5 Å². The Morgan fingerprint density at radius 2 is 0.951 bits per heavy atom. The maximum atomic E-state index is 11.9. The van der Waals surface area contributed by atoms with Gasteiger partial charge in [-0.15, -0.1) is 0 Å². The predicted molar refractivity (Wildman–Crippen MR) is 179 cm³/mol. The first-order chi connectivity index (χ1) is 20.2. The Balaban J connectivity index is 3.43. The molecule has 3 N–H and O–H groups in total. The number of amides is 1. The van der Waals surface area contributed by atoms with Gasteiger partial charge in [-0.3, -0.25) is 4.79 Å². The van der Waals surface area contributed by atoms with E-state index in [1.54, 1.807) is 6.08 Å². The van der Waals surface area contributed by atoms with Gasteiger partial charge in [-0.2, -0.15) is 0 Å². The second-order valence-corrected chi connectivity index (χ2v) is 12.3. The predicted octanol–water partition coefficient (Wildman–Crippen LogP) is 10.5. The number of carbonyl (C=O) groups excluding carboxylic acids is 1. The van der Waals surface area contributed by atoms with Crippen LogP contribution in [-0.2, 0) is 4.79 Å². The molecule has 0 saturated heterocycles. The number of unbranched alkanes of at least 4 members (excludes halogenated alkanes) is 23. The summed E-state index contributed by atoms with van der Waals surface area (Å²) in [5.74, 6) is -0.0992. The van der Waals surface area contributed by atoms with Gasteiger partial charge in [0.2, 0.25) is 5.91 Å². The first-order valence-electron chi connectivity index (χ1n) is 18.1. The topological polar surface area (TPSA) is 69.6 Å². The van der Waals surface area contributed by atoms with Crippen molar-refractivity contribution in [2.75, 3.05) is 6.61 Å². The summed E-state index contributed by atoms with van der Waals surface area (Å²) in [6.07, 6.45) is 42.0. The summed E-state index contributed by atoms with van der Waals surface area (Å²) in [5, 5.41) is 22.5. The van der Waals surface area contributed by atoms with E-state index in [4.69, 9.17) is 0 Å². The van der Waals surface area contributed by atoms with Gasteiger partial charge in [0.1, 0.15) is 0 Å². The summed E-state index contributed by atoms with van der Waals surface area (Å²) in [6.45, 7) is 4.13. The second kappa shape index (κ2) is 33.4. The number of hydrogen-bond acceptors (Lipinski definition) is 3. The molecule has 2 atom stereocenters. The highest BCUT2D eigenvalue weighted by Crippen LogP contribution is 2.15. The molecule has 0 heterocycles. The van der Waals surface area contributed by atoms with E-state index in [1.807, 2.05) is 6.08 Å². The van der Waals surface area contributed by atoms with E-state index in [-0.39, 0.29) is 12.5 Å². The lowest BCUT2D eigenvalue weighted by molar-refractivity contribution is -0.123. The van der Waals surface area contributed by atoms with Crippen LogP contribution >= 0.6 is 0 Å². The van der Waals surface area contributed by atoms with E-state index in [0.29, 0.717) is 6.42 Å². The lowest BCUT2D eigenvalue weighted by atomic mass is 10.0. The zero-order valence-corrected chi connectivity index (χ0v) is 27.6. The molecule has 41 heavy (non-hydrogen) atoms. The van der Waals surface area contributed by atoms with Gasteiger partial charge in [-0.25, -0.2) is 0 Å². The molecule has 0 saturated carbocycles. The van der Waals surface area contributed by atoms with E-state index >= 15 is 0 Å². The minimum absolute atomic E-state index is 0.0992. The van der Waals surface area contributed by atoms with Gasteiger partial charge in [0.05, 0.1) is 18.8 Å². The molecule has 4 nitrogen and oxygen atoms in total. The molecule has 0 aromatic heterocycles. The molecule has 0 aliphatic rings. The Morgan fingerprint density at radius 1 is 0.561 bits per heavy atom. The third-order valence-electron chi connectivity index (χ3n) is 8.19. The van der Waals surface area contributed by atoms with Crippen molar-refractivity contribution in [1.82, 2.24) is 5.32 Å². The highest BCUT2D eigenvalue weighted by Gasteiger charge is 2.17. The molecule has 0 aliphatic carbocycles. The average molecular weight is 578 g/mol. The standard InChI is InChI=1S/C37H71NO3/c1-3-5-7-8-9-10-11-12-13-14-15-16-17-18-19-20-21-22-23-24-25-26-27-28-29-31-32-36(40)35(34-39)38-37(41)33-30-6-4-2/h26-27,31-32,35-36,39-40H,3-25,28-30,33-34H2,1-2H3,(H,38,41)/b27-26+,32-31+. The van der Waals surface area contributed by atoms with E-state index in [9.17, 15) is 15.0 Å². The van der Waals surface area contributed by atoms with Crippen molar-refractivity contribution in [3.63, 3.8) is 0 Å². The Labute approximate surface area is 256 Å². The van der Waals surface area contributed by atoms with Crippen molar-refractivity contribution < 1.29 is 15.0 Å². The molecule has 0 rings (SSSR count). The van der Waals surface area contributed by atoms with Crippen LogP contribution in [0.5, 0.6) is 0 Å². The minimum atomic E-state index is -0.853. The second-order valence-electron chi connectivity index (χ2n) is 12.3. The SMILES string of the molecule is CCCCCCCCCCCCCCCCCCCCCC/C=C/CC/C=C/C(O)C(CO)NC(=O)CCCCC. The summed E-state index contributed by atoms with van der Waals surface area (Å²) in [5.41, 5.74) is 0. The van der Waals surface area contributed by atoms with Crippen LogP contribution in [0.25, 0.3) is 0 Å². The number of nitrogens with one attached hydrogen (secondary N) is 1. The Bertz CT molecular complexity index is 589. The maximum absolute atomic E-state index is 11.9. The Kier molecular flexibility index (Phi) is 32.5. The van der Waals surface area contributed by atoms with Crippen molar-refractivity contribution in [1.29, 1.82) is 0 Å². The van der Waals surface area contributed by atoms with Crippen LogP contribution in [0, 0.1) is 0 Å². The number of aliphatic hydroxyl groups is 2. The molecule has 4 heteroatoms. The summed E-state index contributed by atoms with van der Waals surface area (Å²) in [6, 6.07) is -0.630. The van der Waals surface area contributed by atoms with Crippen molar-refractivity contribution >= 4 is 5.91 Å². The highest BCUT2D eigenvalue weighted by atomic mass is 16.3. The van der Waals surface area contributed by atoms with E-state index in [2.05, 4.69) is 31.3 Å². The van der Waals surface area contributed by atoms with Crippen LogP contribution in [0.4, 0.5) is 0 Å². The van der Waals surface area contributed by atoms with E-state index in [1.165, 1.54) is 128 Å². The molecule has 1 amide bonds. The minimum Gasteiger partial charge on any atom is -0.394 e. The molecular weight excluding hydrogens is 506 g/mol. The monoisotopic (exact) mass is 578 g/mol. The maximum Gasteiger partial charge on any atom is 0.220 e. The Hall–Kier alpha value is -1.13. The number of hydrogen-bond donors (Lipinski definition) is 3. The fraction of sp³-hybridized carbons (Fsp3) is 0.865. The third-order valence-corrected chi connectivity index (χ3v) is 8.19. The van der Waals surface area contributed by atoms with Crippen molar-refractivity contribution in [3.05, 3.63) is 24.3 Å². The van der Waals surface area contributed by atoms with Crippen molar-refractivity contribution in [2.45, 2.75) is 199 Å². The molecule has 0 fully saturated rings. The molecular formula is C37H71NO3. The van der Waals surface area contributed by atoms with Crippen LogP contribution in [0.15, 0.2) is 24.3 Å². The van der Waals surface area contributed by atoms with Gasteiger partial charge in [-0.1, -0.05) is 173 Å². The van der Waals surface area contributed by atoms with Gasteiger partial charge in [0, 0.05) is 6.42 Å². The summed E-state index contributed by atoms with van der Waals surface area (Å²) in [4.78, 5) is 11.9. The Morgan fingerprint density at radius 3 is 1.41 bits per heavy atom. The van der Waals surface area contributed by atoms with Gasteiger partial charge in [0.25, 0.3) is 0 Å². The molecule has 0 spiro atoms. The van der Waals surface area contributed by atoms with Crippen molar-refractivity contribution in [2.24, 2.45) is 0 Å². The highest BCUT2D eigenvalue weighted by molar-refractivity contribution is 5.76. The van der Waals surface area contributed by atoms with Crippen LogP contribution in [-0.4, -0.2) is 34.9 Å². The van der Waals surface area contributed by atoms with Crippen LogP contribution in [0.3, 0.4) is 0 Å². The fourth-order valence-electron chi connectivity index (χ4n) is 5.37. The lowest BCUT2D eigenvalue weighted by Crippen LogP contribution is -2.45. The van der Waals surface area contributed by atoms with Gasteiger partial charge in [0.15, 0.2) is 0 Å². The van der Waals surface area contributed by atoms with Gasteiger partial charge >= 0.3 is 0 Å². The summed E-state index contributed by atoms with van der Waals surface area (Å²) >= 11 is 0. The smallest absolute Gasteiger partial charge is 0.220 e. The molecule has 0 bridgehead atoms. The molecule has 2 unspecified atom stereocenters. The number of carbonyl (C=O) groups is 1. The zero-order chi connectivity index (χ0) is 30.1. The number of allylic oxidation sites excluding steroid dienone is 3. The number of rotatable bonds is 32. The molecule has 0 radical (unpaired) electrons. The fourth-order valence-corrected chi connectivity index (χ4v) is 5.37. The molecule has 0 aromatic rings. The zero-order valence-electron chi connectivity index (χ0n) is 27.6. The van der Waals surface area contributed by atoms with Gasteiger partial charge < -0.3 is 15.5 Å². The molecule has 0 aliphatic heterocycles. The molecule has 242 valence electrons. The first-order valence-corrected chi connectivity index (χ1v) is 18.1. The average Bonchev–Trinajstić information content (AvgIpc) is 2.97. The summed E-state index contributed by atoms with van der Waals surface area (Å²) in [7, 11) is 0. The normalized spacial score (nSPS) is 13.4. The molecule has 0 aromatic carbocycles. The number of aliphatic hydroxyl groups excluding tert-OH is 2. The third kappa shape index (κ3) is 30.1. The van der Waals surface area contributed by atoms with E-state index < -0.39 is 12.1 Å². The quantitative estimate of drug-likeness (QED) is 0.0550. The largest absolute Gasteiger partial charge is 0.394 e. The van der Waals surface area contributed by atoms with Crippen LogP contribution < -0.4 is 5.32 Å². The van der Waals surface area contributed by atoms with Crippen LogP contribution in [0.1, 0.15) is 187 Å². The van der Waals surface area contributed by atoms with Crippen molar-refractivity contribution in [3.8, 4) is 0 Å². The lowest BCUT2D eigenvalue weighted by Gasteiger charge is -2.19. The first kappa shape index (κ1) is 39.9. The van der Waals surface area contributed by atoms with Gasteiger partial charge in [-0.05, 0) is 32.1 Å². The van der Waals surface area contributed by atoms with Crippen LogP contribution in [0.2, 0.25) is 0 Å².